The molecule has 0 radical (unpaired) electrons. The van der Waals surface area contributed by atoms with Gasteiger partial charge in [0.2, 0.25) is 0 Å². The van der Waals surface area contributed by atoms with Gasteiger partial charge in [-0.25, -0.2) is 17.6 Å². The predicted molar refractivity (Wildman–Crippen MR) is 70.0 cm³/mol. The lowest BCUT2D eigenvalue weighted by molar-refractivity contribution is 0.0910. The zero-order chi connectivity index (χ0) is 16.3. The van der Waals surface area contributed by atoms with E-state index in [1.807, 2.05) is 0 Å². The molecule has 1 unspecified atom stereocenters. The largest absolute Gasteiger partial charge is 0.386 e. The molecule has 116 valence electrons. The van der Waals surface area contributed by atoms with Crippen molar-refractivity contribution in [2.75, 3.05) is 6.54 Å². The Kier molecular flexibility index (Phi) is 4.77. The summed E-state index contributed by atoms with van der Waals surface area (Å²) in [5, 5.41) is 11.9. The van der Waals surface area contributed by atoms with Crippen LogP contribution in [-0.4, -0.2) is 17.6 Å². The van der Waals surface area contributed by atoms with E-state index in [0.717, 1.165) is 30.3 Å². The molecule has 0 aliphatic carbocycles. The molecule has 2 N–H and O–H groups in total. The van der Waals surface area contributed by atoms with Crippen molar-refractivity contribution in [2.24, 2.45) is 0 Å². The summed E-state index contributed by atoms with van der Waals surface area (Å²) in [6.07, 6.45) is -1.64. The molecule has 2 rings (SSSR count). The maximum Gasteiger partial charge on any atom is 0.251 e. The molecule has 0 aromatic heterocycles. The van der Waals surface area contributed by atoms with Crippen LogP contribution >= 0.6 is 0 Å². The second kappa shape index (κ2) is 6.57. The fraction of sp³-hybridized carbons (Fsp3) is 0.133. The number of rotatable bonds is 4. The van der Waals surface area contributed by atoms with Crippen LogP contribution in [0.15, 0.2) is 36.4 Å². The molecule has 0 spiro atoms. The number of hydrogen-bond acceptors (Lipinski definition) is 2. The SMILES string of the molecule is O=C(NCC(O)c1c(F)cccc1F)c1cc(F)cc(F)c1. The van der Waals surface area contributed by atoms with Crippen LogP contribution in [0.1, 0.15) is 22.0 Å². The van der Waals surface area contributed by atoms with Gasteiger partial charge in [-0.1, -0.05) is 6.07 Å². The number of amides is 1. The van der Waals surface area contributed by atoms with E-state index in [4.69, 9.17) is 0 Å². The van der Waals surface area contributed by atoms with Crippen molar-refractivity contribution in [3.8, 4) is 0 Å². The second-order valence-corrected chi connectivity index (χ2v) is 4.52. The van der Waals surface area contributed by atoms with E-state index in [-0.39, 0.29) is 5.56 Å². The number of carbonyl (C=O) groups excluding carboxylic acids is 1. The molecule has 2 aromatic carbocycles. The third-order valence-electron chi connectivity index (χ3n) is 2.91. The topological polar surface area (TPSA) is 49.3 Å². The fourth-order valence-electron chi connectivity index (χ4n) is 1.91. The molecule has 0 fully saturated rings. The highest BCUT2D eigenvalue weighted by Gasteiger charge is 2.19. The average Bonchev–Trinajstić information content (AvgIpc) is 2.43. The van der Waals surface area contributed by atoms with Crippen molar-refractivity contribution in [3.05, 3.63) is 70.8 Å². The molecule has 0 bridgehead atoms. The highest BCUT2D eigenvalue weighted by Crippen LogP contribution is 2.20. The lowest BCUT2D eigenvalue weighted by atomic mass is 10.1. The van der Waals surface area contributed by atoms with Gasteiger partial charge >= 0.3 is 0 Å². The van der Waals surface area contributed by atoms with Crippen LogP contribution in [0.5, 0.6) is 0 Å². The highest BCUT2D eigenvalue weighted by atomic mass is 19.1. The van der Waals surface area contributed by atoms with E-state index in [1.165, 1.54) is 0 Å². The molecule has 7 heteroatoms. The van der Waals surface area contributed by atoms with Crippen molar-refractivity contribution >= 4 is 5.91 Å². The highest BCUT2D eigenvalue weighted by molar-refractivity contribution is 5.94. The van der Waals surface area contributed by atoms with Crippen LogP contribution in [0.25, 0.3) is 0 Å². The Morgan fingerprint density at radius 1 is 1.05 bits per heavy atom. The summed E-state index contributed by atoms with van der Waals surface area (Å²) >= 11 is 0. The van der Waals surface area contributed by atoms with Gasteiger partial charge in [-0.15, -0.1) is 0 Å². The Morgan fingerprint density at radius 2 is 1.59 bits per heavy atom. The normalized spacial score (nSPS) is 12.0. The fourth-order valence-corrected chi connectivity index (χ4v) is 1.91. The molecular formula is C15H11F4NO2. The number of hydrogen-bond donors (Lipinski definition) is 2. The van der Waals surface area contributed by atoms with Gasteiger partial charge in [0.15, 0.2) is 0 Å². The van der Waals surface area contributed by atoms with E-state index in [9.17, 15) is 27.5 Å². The minimum atomic E-state index is -1.64. The van der Waals surface area contributed by atoms with Crippen molar-refractivity contribution < 1.29 is 27.5 Å². The Hall–Kier alpha value is -2.41. The van der Waals surface area contributed by atoms with Crippen LogP contribution in [0, 0.1) is 23.3 Å². The van der Waals surface area contributed by atoms with E-state index < -0.39 is 47.4 Å². The summed E-state index contributed by atoms with van der Waals surface area (Å²) in [6.45, 7) is -0.519. The first-order valence-corrected chi connectivity index (χ1v) is 6.24. The monoisotopic (exact) mass is 313 g/mol. The van der Waals surface area contributed by atoms with Crippen molar-refractivity contribution in [1.29, 1.82) is 0 Å². The molecular weight excluding hydrogens is 302 g/mol. The lowest BCUT2D eigenvalue weighted by Gasteiger charge is -2.14. The molecule has 1 amide bonds. The number of aliphatic hydroxyl groups is 1. The molecule has 0 aliphatic rings. The van der Waals surface area contributed by atoms with Crippen molar-refractivity contribution in [1.82, 2.24) is 5.32 Å². The third-order valence-corrected chi connectivity index (χ3v) is 2.91. The molecule has 22 heavy (non-hydrogen) atoms. The van der Waals surface area contributed by atoms with Crippen LogP contribution in [0.3, 0.4) is 0 Å². The summed E-state index contributed by atoms with van der Waals surface area (Å²) in [5.41, 5.74) is -0.896. The smallest absolute Gasteiger partial charge is 0.251 e. The first-order chi connectivity index (χ1) is 10.4. The zero-order valence-corrected chi connectivity index (χ0v) is 11.1. The average molecular weight is 313 g/mol. The summed E-state index contributed by atoms with van der Waals surface area (Å²) in [7, 11) is 0. The molecule has 0 aliphatic heterocycles. The maximum atomic E-state index is 13.4. The molecule has 0 saturated heterocycles. The number of carbonyl (C=O) groups is 1. The molecule has 2 aromatic rings. The molecule has 1 atom stereocenters. The Balaban J connectivity index is 2.07. The van der Waals surface area contributed by atoms with Gasteiger partial charge in [-0.3, -0.25) is 4.79 Å². The standard InChI is InChI=1S/C15H11F4NO2/c16-9-4-8(5-10(17)6-9)15(22)20-7-13(21)14-11(18)2-1-3-12(14)19/h1-6,13,21H,7H2,(H,20,22). The predicted octanol–water partition coefficient (Wildman–Crippen LogP) is 2.71. The van der Waals surface area contributed by atoms with E-state index in [1.54, 1.807) is 0 Å². The summed E-state index contributed by atoms with van der Waals surface area (Å²) in [5.74, 6) is -4.68. The number of nitrogens with one attached hydrogen (secondary N) is 1. The summed E-state index contributed by atoms with van der Waals surface area (Å²) < 4.78 is 52.9. The Labute approximate surface area is 123 Å². The lowest BCUT2D eigenvalue weighted by Crippen LogP contribution is -2.29. The van der Waals surface area contributed by atoms with Gasteiger partial charge in [0.25, 0.3) is 5.91 Å². The van der Waals surface area contributed by atoms with Crippen molar-refractivity contribution in [3.63, 3.8) is 0 Å². The quantitative estimate of drug-likeness (QED) is 0.853. The van der Waals surface area contributed by atoms with Gasteiger partial charge in [0, 0.05) is 18.2 Å². The first-order valence-electron chi connectivity index (χ1n) is 6.24. The van der Waals surface area contributed by atoms with Crippen LogP contribution in [0.2, 0.25) is 0 Å². The Bertz CT molecular complexity index is 665. The van der Waals surface area contributed by atoms with Gasteiger partial charge in [0.1, 0.15) is 29.4 Å². The number of halogens is 4. The van der Waals surface area contributed by atoms with Crippen molar-refractivity contribution in [2.45, 2.75) is 6.10 Å². The second-order valence-electron chi connectivity index (χ2n) is 4.52. The minimum Gasteiger partial charge on any atom is -0.386 e. The third kappa shape index (κ3) is 3.62. The first kappa shape index (κ1) is 16.0. The summed E-state index contributed by atoms with van der Waals surface area (Å²) in [4.78, 5) is 11.7. The van der Waals surface area contributed by atoms with Crippen LogP contribution in [0.4, 0.5) is 17.6 Å². The van der Waals surface area contributed by atoms with Gasteiger partial charge in [-0.05, 0) is 24.3 Å². The van der Waals surface area contributed by atoms with E-state index >= 15 is 0 Å². The number of benzene rings is 2. The van der Waals surface area contributed by atoms with Gasteiger partial charge in [-0.2, -0.15) is 0 Å². The van der Waals surface area contributed by atoms with Crippen LogP contribution < -0.4 is 5.32 Å². The van der Waals surface area contributed by atoms with E-state index in [2.05, 4.69) is 5.32 Å². The number of aliphatic hydroxyl groups excluding tert-OH is 1. The molecule has 0 saturated carbocycles. The maximum absolute atomic E-state index is 13.4. The zero-order valence-electron chi connectivity index (χ0n) is 11.1. The minimum absolute atomic E-state index is 0.307. The molecule has 0 heterocycles. The van der Waals surface area contributed by atoms with Gasteiger partial charge in [0.05, 0.1) is 5.56 Å². The molecule has 3 nitrogen and oxygen atoms in total. The Morgan fingerprint density at radius 3 is 2.14 bits per heavy atom. The summed E-state index contributed by atoms with van der Waals surface area (Å²) in [6, 6.07) is 5.26. The van der Waals surface area contributed by atoms with Gasteiger partial charge < -0.3 is 10.4 Å². The van der Waals surface area contributed by atoms with E-state index in [0.29, 0.717) is 6.07 Å². The van der Waals surface area contributed by atoms with Crippen LogP contribution in [-0.2, 0) is 0 Å².